The van der Waals surface area contributed by atoms with Crippen molar-refractivity contribution < 1.29 is 23.4 Å². The molecule has 11 heteroatoms. The smallest absolute Gasteiger partial charge is 0.248 e. The Kier molecular flexibility index (Phi) is 19.9. The minimum Gasteiger partial charge on any atom is -0.489 e. The Morgan fingerprint density at radius 2 is 0.875 bits per heavy atom. The molecule has 15 rings (SSSR count). The van der Waals surface area contributed by atoms with Crippen LogP contribution in [0.3, 0.4) is 0 Å². The van der Waals surface area contributed by atoms with Crippen molar-refractivity contribution in [3.8, 4) is 45.9 Å². The van der Waals surface area contributed by atoms with Gasteiger partial charge in [-0.1, -0.05) is 216 Å². The second kappa shape index (κ2) is 30.4. The molecule has 15 aromatic rings. The molecule has 0 aliphatic rings. The van der Waals surface area contributed by atoms with Crippen molar-refractivity contribution in [3.63, 3.8) is 0 Å². The molecule has 0 bridgehead atoms. The predicted octanol–water partition coefficient (Wildman–Crippen LogP) is 23.3. The maximum Gasteiger partial charge on any atom is 0.248 e. The summed E-state index contributed by atoms with van der Waals surface area (Å²) in [5.41, 5.74) is 19.1. The van der Waals surface area contributed by atoms with E-state index in [1.165, 1.54) is 48.7 Å². The van der Waals surface area contributed by atoms with Crippen molar-refractivity contribution in [3.05, 3.63) is 331 Å². The summed E-state index contributed by atoms with van der Waals surface area (Å²) in [5.74, 6) is 5.70. The Morgan fingerprint density at radius 1 is 0.385 bits per heavy atom. The summed E-state index contributed by atoms with van der Waals surface area (Å²) < 4.78 is 32.8. The van der Waals surface area contributed by atoms with Crippen LogP contribution in [0.5, 0.6) is 11.5 Å². The van der Waals surface area contributed by atoms with Crippen LogP contribution in [0.25, 0.3) is 66.0 Å². The molecule has 514 valence electrons. The third-order valence-electron chi connectivity index (χ3n) is 18.9. The molecule has 0 fully saturated rings. The molecule has 0 amide bonds. The SMILES string of the molecule is CC(C)(C)c1ccc(-c2nnc(-c3ccc(COc4cc(COCCN(CCOCc5cccc(N(c6ccccc6)c6cccc7ccccc67)c5)c5ccc(C#C[Si](C)(C)C)cc5)cc(OCc5ccc(N(c6ccccc6)c6ccc7ccc8cccc9ccc6c7c89)cc5)c4)cc3)o2)cc1. The molecule has 0 atom stereocenters. The monoisotopic (exact) mass is 1380 g/mol. The van der Waals surface area contributed by atoms with Crippen LogP contribution in [0.1, 0.15) is 54.2 Å². The molecule has 104 heavy (non-hydrogen) atoms. The van der Waals surface area contributed by atoms with E-state index in [2.05, 4.69) is 325 Å². The second-order valence-electron chi connectivity index (χ2n) is 28.6. The van der Waals surface area contributed by atoms with Crippen molar-refractivity contribution in [2.24, 2.45) is 0 Å². The molecule has 1 aromatic heterocycles. The number of ether oxygens (including phenoxy) is 4. The first kappa shape index (κ1) is 68.0. The lowest BCUT2D eigenvalue weighted by atomic mass is 9.87. The van der Waals surface area contributed by atoms with Gasteiger partial charge in [-0.05, 0) is 187 Å². The van der Waals surface area contributed by atoms with Gasteiger partial charge in [-0.15, -0.1) is 15.7 Å². The topological polar surface area (TPSA) is 85.6 Å². The number of nitrogens with zero attached hydrogens (tertiary/aromatic N) is 5. The van der Waals surface area contributed by atoms with Crippen LogP contribution in [0.4, 0.5) is 39.8 Å². The van der Waals surface area contributed by atoms with Crippen molar-refractivity contribution in [2.45, 2.75) is 72.3 Å². The van der Waals surface area contributed by atoms with Gasteiger partial charge >= 0.3 is 0 Å². The summed E-state index contributed by atoms with van der Waals surface area (Å²) in [6.07, 6.45) is 0. The number of rotatable bonds is 25. The van der Waals surface area contributed by atoms with E-state index in [0.29, 0.717) is 76.0 Å². The van der Waals surface area contributed by atoms with Gasteiger partial charge in [0.15, 0.2) is 0 Å². The first-order valence-electron chi connectivity index (χ1n) is 35.8. The van der Waals surface area contributed by atoms with Gasteiger partial charge < -0.3 is 38.1 Å². The Bertz CT molecular complexity index is 5470. The largest absolute Gasteiger partial charge is 0.489 e. The molecule has 0 saturated heterocycles. The summed E-state index contributed by atoms with van der Waals surface area (Å²) in [6, 6.07) is 105. The Balaban J connectivity index is 0.654. The van der Waals surface area contributed by atoms with Gasteiger partial charge in [-0.25, -0.2) is 0 Å². The summed E-state index contributed by atoms with van der Waals surface area (Å²) in [7, 11) is -1.58. The first-order chi connectivity index (χ1) is 50.8. The third kappa shape index (κ3) is 15.8. The molecule has 0 radical (unpaired) electrons. The van der Waals surface area contributed by atoms with E-state index < -0.39 is 8.07 Å². The van der Waals surface area contributed by atoms with E-state index in [0.717, 1.165) is 78.8 Å². The van der Waals surface area contributed by atoms with Crippen LogP contribution in [0, 0.1) is 11.5 Å². The molecule has 0 aliphatic carbocycles. The van der Waals surface area contributed by atoms with E-state index in [1.807, 2.05) is 48.5 Å². The maximum absolute atomic E-state index is 6.74. The van der Waals surface area contributed by atoms with Crippen LogP contribution < -0.4 is 24.2 Å². The molecule has 0 spiro atoms. The van der Waals surface area contributed by atoms with Gasteiger partial charge in [0, 0.05) is 75.1 Å². The Hall–Kier alpha value is -11.8. The quantitative estimate of drug-likeness (QED) is 0.0239. The van der Waals surface area contributed by atoms with E-state index in [-0.39, 0.29) is 5.41 Å². The number of hydrogen-bond donors (Lipinski definition) is 0. The lowest BCUT2D eigenvalue weighted by Crippen LogP contribution is -2.31. The molecule has 10 nitrogen and oxygen atoms in total. The zero-order valence-electron chi connectivity index (χ0n) is 59.7. The molecule has 0 aliphatic heterocycles. The van der Waals surface area contributed by atoms with Crippen LogP contribution in [0.2, 0.25) is 19.6 Å². The zero-order chi connectivity index (χ0) is 71.0. The number of benzene rings is 14. The van der Waals surface area contributed by atoms with Gasteiger partial charge in [-0.3, -0.25) is 0 Å². The fourth-order valence-electron chi connectivity index (χ4n) is 13.5. The molecule has 0 unspecified atom stereocenters. The third-order valence-corrected chi connectivity index (χ3v) is 19.8. The number of para-hydroxylation sites is 2. The number of hydrogen-bond acceptors (Lipinski definition) is 10. The molecule has 0 saturated carbocycles. The lowest BCUT2D eigenvalue weighted by molar-refractivity contribution is 0.115. The van der Waals surface area contributed by atoms with Gasteiger partial charge in [0.1, 0.15) is 32.8 Å². The molecular weight excluding hydrogens is 1300 g/mol. The fraction of sp³-hybridized carbons (Fsp3) is 0.161. The normalized spacial score (nSPS) is 11.7. The highest BCUT2D eigenvalue weighted by Gasteiger charge is 2.22. The van der Waals surface area contributed by atoms with E-state index >= 15 is 0 Å². The molecule has 14 aromatic carbocycles. The molecule has 1 heterocycles. The fourth-order valence-corrected chi connectivity index (χ4v) is 14.0. The van der Waals surface area contributed by atoms with Crippen molar-refractivity contribution in [1.82, 2.24) is 10.2 Å². The standard InChI is InChI=1S/C93H83N5O5Si/c1-93(2,3)77-44-40-76(41-45-77)92-95-94-91(103-92)75-36-30-67(31-37-75)64-101-83-59-70(60-84(61-83)102-65-68-34-48-81(49-35-68)97(79-23-9-7-10-24-79)88-51-43-74-39-38-72-21-16-22-73-42-50-86(88)90(74)89(72)73)63-100-56-54-96(78-46-32-66(33-47-78)52-57-104(4,5)6)53-55-99-62-69-18-15-27-82(58-69)98(80-25-11-8-12-26-80)87-29-17-20-71-19-13-14-28-85(71)87/h7-51,58-61H,53-56,62-65H2,1-6H3. The van der Waals surface area contributed by atoms with Gasteiger partial charge in [0.2, 0.25) is 11.8 Å². The predicted molar refractivity (Wildman–Crippen MR) is 431 cm³/mol. The zero-order valence-corrected chi connectivity index (χ0v) is 60.7. The average Bonchev–Trinajstić information content (AvgIpc) is 0.830. The first-order valence-corrected chi connectivity index (χ1v) is 39.3. The van der Waals surface area contributed by atoms with Gasteiger partial charge in [0.05, 0.1) is 37.8 Å². The Labute approximate surface area is 610 Å². The number of anilines is 7. The van der Waals surface area contributed by atoms with E-state index in [1.54, 1.807) is 0 Å². The summed E-state index contributed by atoms with van der Waals surface area (Å²) in [5, 5.41) is 18.7. The van der Waals surface area contributed by atoms with Crippen LogP contribution in [0.15, 0.2) is 302 Å². The van der Waals surface area contributed by atoms with Crippen LogP contribution >= 0.6 is 0 Å². The number of aromatic nitrogens is 2. The van der Waals surface area contributed by atoms with Crippen molar-refractivity contribution in [2.75, 3.05) is 41.0 Å². The maximum atomic E-state index is 6.74. The lowest BCUT2D eigenvalue weighted by Gasteiger charge is -2.28. The van der Waals surface area contributed by atoms with Gasteiger partial charge in [-0.2, -0.15) is 0 Å². The van der Waals surface area contributed by atoms with Crippen LogP contribution in [-0.2, 0) is 41.3 Å². The van der Waals surface area contributed by atoms with E-state index in [9.17, 15) is 0 Å². The summed E-state index contributed by atoms with van der Waals surface area (Å²) in [4.78, 5) is 7.03. The number of fused-ring (bicyclic) bond motifs is 1. The molecule has 0 N–H and O–H groups in total. The van der Waals surface area contributed by atoms with Gasteiger partial charge in [0.25, 0.3) is 0 Å². The van der Waals surface area contributed by atoms with E-state index in [4.69, 9.17) is 23.4 Å². The average molecular weight is 1380 g/mol. The van der Waals surface area contributed by atoms with Crippen molar-refractivity contribution in [1.29, 1.82) is 0 Å². The highest BCUT2D eigenvalue weighted by Crippen LogP contribution is 2.45. The molecular formula is C93H83N5O5Si. The second-order valence-corrected chi connectivity index (χ2v) is 33.3. The highest BCUT2D eigenvalue weighted by molar-refractivity contribution is 6.83. The minimum absolute atomic E-state index is 0.0410. The summed E-state index contributed by atoms with van der Waals surface area (Å²) in [6.45, 7) is 17.0. The van der Waals surface area contributed by atoms with Crippen molar-refractivity contribution >= 4 is 91.0 Å². The minimum atomic E-state index is -1.58. The highest BCUT2D eigenvalue weighted by atomic mass is 28.3. The summed E-state index contributed by atoms with van der Waals surface area (Å²) >= 11 is 0. The Morgan fingerprint density at radius 3 is 1.51 bits per heavy atom. The van der Waals surface area contributed by atoms with Crippen LogP contribution in [-0.4, -0.2) is 44.6 Å².